The van der Waals surface area contributed by atoms with Gasteiger partial charge in [0.15, 0.2) is 11.6 Å². The zero-order valence-electron chi connectivity index (χ0n) is 14.7. The van der Waals surface area contributed by atoms with Crippen molar-refractivity contribution in [1.82, 2.24) is 15.2 Å². The zero-order valence-corrected chi connectivity index (χ0v) is 15.5. The van der Waals surface area contributed by atoms with Gasteiger partial charge in [-0.05, 0) is 12.1 Å². The Morgan fingerprint density at radius 2 is 2.00 bits per heavy atom. The summed E-state index contributed by atoms with van der Waals surface area (Å²) in [7, 11) is 0. The van der Waals surface area contributed by atoms with Gasteiger partial charge < -0.3 is 5.32 Å². The molecule has 0 fully saturated rings. The van der Waals surface area contributed by atoms with Crippen molar-refractivity contribution in [2.45, 2.75) is 12.1 Å². The van der Waals surface area contributed by atoms with Gasteiger partial charge in [0.05, 0.1) is 10.7 Å². The molecule has 0 spiro atoms. The third-order valence-corrected chi connectivity index (χ3v) is 4.48. The minimum absolute atomic E-state index is 0.0460. The third-order valence-electron chi connectivity index (χ3n) is 3.63. The van der Waals surface area contributed by atoms with E-state index in [1.165, 1.54) is 31.2 Å². The van der Waals surface area contributed by atoms with Gasteiger partial charge in [0, 0.05) is 35.9 Å². The Morgan fingerprint density at radius 3 is 2.75 bits per heavy atom. The fraction of sp³-hybridized carbons (Fsp3) is 0.111. The quantitative estimate of drug-likeness (QED) is 0.271. The first-order valence-corrected chi connectivity index (χ1v) is 9.12. The number of aromatic amines is 1. The lowest BCUT2D eigenvalue weighted by Crippen LogP contribution is -2.05. The smallest absolute Gasteiger partial charge is 0.270 e. The Hall–Kier alpha value is -3.53. The number of aromatic nitrogens is 3. The first-order valence-electron chi connectivity index (χ1n) is 8.13. The van der Waals surface area contributed by atoms with Gasteiger partial charge in [0.1, 0.15) is 0 Å². The molecule has 3 rings (SSSR count). The Morgan fingerprint density at radius 1 is 1.21 bits per heavy atom. The van der Waals surface area contributed by atoms with Gasteiger partial charge in [0.2, 0.25) is 11.1 Å². The summed E-state index contributed by atoms with van der Waals surface area (Å²) in [6.07, 6.45) is 0. The molecule has 0 aliphatic rings. The number of anilines is 1. The number of ketones is 1. The Bertz CT molecular complexity index is 1050. The molecule has 0 bridgehead atoms. The van der Waals surface area contributed by atoms with E-state index in [0.717, 1.165) is 17.3 Å². The fourth-order valence-electron chi connectivity index (χ4n) is 2.39. The monoisotopic (exact) mass is 397 g/mol. The van der Waals surface area contributed by atoms with Crippen molar-refractivity contribution in [1.29, 1.82) is 0 Å². The number of H-pyrrole nitrogens is 1. The SMILES string of the molecule is CC(=O)Nc1cccc(-c2nc(SCC(=O)c3cccc([N+](=O)[O-])c3)n[nH]2)c1. The van der Waals surface area contributed by atoms with Crippen LogP contribution in [0.5, 0.6) is 0 Å². The number of Topliss-reactive ketones (excluding diaryl/α,β-unsaturated/α-hetero) is 1. The van der Waals surface area contributed by atoms with Crippen LogP contribution in [-0.2, 0) is 4.79 Å². The van der Waals surface area contributed by atoms with Crippen LogP contribution < -0.4 is 5.32 Å². The number of nitrogens with zero attached hydrogens (tertiary/aromatic N) is 3. The van der Waals surface area contributed by atoms with Gasteiger partial charge >= 0.3 is 0 Å². The van der Waals surface area contributed by atoms with Crippen LogP contribution in [0.25, 0.3) is 11.4 Å². The second kappa shape index (κ2) is 8.44. The van der Waals surface area contributed by atoms with Crippen molar-refractivity contribution in [2.75, 3.05) is 11.1 Å². The fourth-order valence-corrected chi connectivity index (χ4v) is 3.09. The van der Waals surface area contributed by atoms with Crippen molar-refractivity contribution >= 4 is 34.8 Å². The number of amides is 1. The van der Waals surface area contributed by atoms with E-state index in [2.05, 4.69) is 20.5 Å². The van der Waals surface area contributed by atoms with Gasteiger partial charge in [-0.2, -0.15) is 0 Å². The van der Waals surface area contributed by atoms with Crippen molar-refractivity contribution in [3.8, 4) is 11.4 Å². The molecule has 1 aromatic heterocycles. The lowest BCUT2D eigenvalue weighted by Gasteiger charge is -2.03. The molecule has 2 N–H and O–H groups in total. The molecule has 0 atom stereocenters. The van der Waals surface area contributed by atoms with Crippen LogP contribution in [0.2, 0.25) is 0 Å². The highest BCUT2D eigenvalue weighted by atomic mass is 32.2. The highest BCUT2D eigenvalue weighted by Gasteiger charge is 2.14. The topological polar surface area (TPSA) is 131 Å². The van der Waals surface area contributed by atoms with E-state index in [9.17, 15) is 19.7 Å². The molecule has 1 heterocycles. The molecule has 10 heteroatoms. The van der Waals surface area contributed by atoms with E-state index in [0.29, 0.717) is 16.7 Å². The molecule has 0 unspecified atom stereocenters. The Balaban J connectivity index is 1.67. The summed E-state index contributed by atoms with van der Waals surface area (Å²) in [4.78, 5) is 38.0. The second-order valence-corrected chi connectivity index (χ2v) is 6.69. The second-order valence-electron chi connectivity index (χ2n) is 5.75. The van der Waals surface area contributed by atoms with E-state index in [1.54, 1.807) is 18.2 Å². The van der Waals surface area contributed by atoms with E-state index < -0.39 is 4.92 Å². The van der Waals surface area contributed by atoms with Gasteiger partial charge in [-0.25, -0.2) is 4.98 Å². The number of hydrogen-bond acceptors (Lipinski definition) is 7. The van der Waals surface area contributed by atoms with Crippen molar-refractivity contribution in [2.24, 2.45) is 0 Å². The average molecular weight is 397 g/mol. The summed E-state index contributed by atoms with van der Waals surface area (Å²) < 4.78 is 0. The molecule has 2 aromatic carbocycles. The molecule has 28 heavy (non-hydrogen) atoms. The van der Waals surface area contributed by atoms with E-state index in [1.807, 2.05) is 6.07 Å². The number of thioether (sulfide) groups is 1. The van der Waals surface area contributed by atoms with E-state index >= 15 is 0 Å². The number of non-ortho nitro benzene ring substituents is 1. The normalized spacial score (nSPS) is 10.5. The molecule has 0 radical (unpaired) electrons. The van der Waals surface area contributed by atoms with Crippen LogP contribution in [0.3, 0.4) is 0 Å². The Kier molecular flexibility index (Phi) is 5.80. The first kappa shape index (κ1) is 19.2. The van der Waals surface area contributed by atoms with Crippen LogP contribution in [0.1, 0.15) is 17.3 Å². The standard InChI is InChI=1S/C18H15N5O4S/c1-11(24)19-14-6-2-5-13(8-14)17-20-18(22-21-17)28-10-16(25)12-4-3-7-15(9-12)23(26)27/h2-9H,10H2,1H3,(H,19,24)(H,20,21,22). The maximum atomic E-state index is 12.3. The minimum atomic E-state index is -0.541. The highest BCUT2D eigenvalue weighted by Crippen LogP contribution is 2.23. The molecule has 1 amide bonds. The number of carbonyl (C=O) groups excluding carboxylic acids is 2. The molecule has 0 saturated carbocycles. The van der Waals surface area contributed by atoms with Crippen LogP contribution in [0.15, 0.2) is 53.7 Å². The summed E-state index contributed by atoms with van der Waals surface area (Å²) in [5.74, 6) is 0.112. The summed E-state index contributed by atoms with van der Waals surface area (Å²) in [6.45, 7) is 1.42. The zero-order chi connectivity index (χ0) is 20.1. The van der Waals surface area contributed by atoms with E-state index in [-0.39, 0.29) is 28.7 Å². The summed E-state index contributed by atoms with van der Waals surface area (Å²) in [5.41, 5.74) is 1.50. The number of carbonyl (C=O) groups is 2. The lowest BCUT2D eigenvalue weighted by molar-refractivity contribution is -0.384. The number of nitro benzene ring substituents is 1. The summed E-state index contributed by atoms with van der Waals surface area (Å²) in [6, 6.07) is 12.7. The largest absolute Gasteiger partial charge is 0.326 e. The van der Waals surface area contributed by atoms with Crippen molar-refractivity contribution < 1.29 is 14.5 Å². The van der Waals surface area contributed by atoms with Crippen LogP contribution in [0, 0.1) is 10.1 Å². The number of benzene rings is 2. The summed E-state index contributed by atoms with van der Waals surface area (Å²) >= 11 is 1.13. The van der Waals surface area contributed by atoms with Gasteiger partial charge in [-0.15, -0.1) is 5.10 Å². The number of hydrogen-bond donors (Lipinski definition) is 2. The highest BCUT2D eigenvalue weighted by molar-refractivity contribution is 7.99. The minimum Gasteiger partial charge on any atom is -0.326 e. The summed E-state index contributed by atoms with van der Waals surface area (Å²) in [5, 5.41) is 20.8. The molecular formula is C18H15N5O4S. The maximum absolute atomic E-state index is 12.3. The van der Waals surface area contributed by atoms with Gasteiger partial charge in [0.25, 0.3) is 5.69 Å². The molecule has 0 saturated heterocycles. The first-order chi connectivity index (χ1) is 13.4. The van der Waals surface area contributed by atoms with Crippen LogP contribution in [-0.4, -0.2) is 37.5 Å². The van der Waals surface area contributed by atoms with Crippen LogP contribution in [0.4, 0.5) is 11.4 Å². The predicted molar refractivity (Wildman–Crippen MR) is 104 cm³/mol. The molecule has 142 valence electrons. The third kappa shape index (κ3) is 4.80. The number of nitrogens with one attached hydrogen (secondary N) is 2. The number of nitro groups is 1. The lowest BCUT2D eigenvalue weighted by atomic mass is 10.1. The maximum Gasteiger partial charge on any atom is 0.270 e. The average Bonchev–Trinajstić information content (AvgIpc) is 3.15. The van der Waals surface area contributed by atoms with E-state index in [4.69, 9.17) is 0 Å². The molecule has 3 aromatic rings. The number of rotatable bonds is 7. The molecular weight excluding hydrogens is 382 g/mol. The van der Waals surface area contributed by atoms with Gasteiger partial charge in [-0.1, -0.05) is 36.0 Å². The van der Waals surface area contributed by atoms with Crippen molar-refractivity contribution in [3.05, 3.63) is 64.2 Å². The molecule has 0 aliphatic heterocycles. The Labute approximate surface area is 163 Å². The predicted octanol–water partition coefficient (Wildman–Crippen LogP) is 3.31. The molecule has 0 aliphatic carbocycles. The van der Waals surface area contributed by atoms with Crippen molar-refractivity contribution in [3.63, 3.8) is 0 Å². The molecule has 9 nitrogen and oxygen atoms in total. The van der Waals surface area contributed by atoms with Crippen LogP contribution >= 0.6 is 11.8 Å². The van der Waals surface area contributed by atoms with Gasteiger partial charge in [-0.3, -0.25) is 24.8 Å².